The van der Waals surface area contributed by atoms with E-state index in [-0.39, 0.29) is 19.3 Å². The molecule has 1 unspecified atom stereocenters. The fourth-order valence-corrected chi connectivity index (χ4v) is 1.90. The van der Waals surface area contributed by atoms with Gasteiger partial charge >= 0.3 is 18.1 Å². The molecule has 0 fully saturated rings. The molecule has 1 atom stereocenters. The first kappa shape index (κ1) is 24.6. The average Bonchev–Trinajstić information content (AvgIpc) is 2.58. The summed E-state index contributed by atoms with van der Waals surface area (Å²) in [4.78, 5) is 46.4. The van der Waals surface area contributed by atoms with E-state index in [1.807, 2.05) is 0 Å². The highest BCUT2D eigenvalue weighted by molar-refractivity contribution is 6.29. The van der Waals surface area contributed by atoms with Crippen molar-refractivity contribution in [1.82, 2.24) is 0 Å². The molecule has 1 N–H and O–H groups in total. The van der Waals surface area contributed by atoms with Crippen LogP contribution in [0.3, 0.4) is 0 Å². The van der Waals surface area contributed by atoms with Gasteiger partial charge in [0, 0.05) is 6.42 Å². The minimum Gasteiger partial charge on any atom is -0.511 e. The van der Waals surface area contributed by atoms with Crippen molar-refractivity contribution in [1.29, 1.82) is 0 Å². The number of ether oxygens (including phenoxy) is 2. The molecule has 0 saturated carbocycles. The van der Waals surface area contributed by atoms with E-state index >= 15 is 0 Å². The predicted molar refractivity (Wildman–Crippen MR) is 87.0 cm³/mol. The highest BCUT2D eigenvalue weighted by Crippen LogP contribution is 2.21. The molecule has 11 heteroatoms. The zero-order valence-electron chi connectivity index (χ0n) is 14.5. The SMILES string of the molecule is CCOC(=O)C(/C=C/C(=O)C(F)(F)F)=C(\O)CC(C(=O)CCl)C(=O)OCC. The Hall–Kier alpha value is -2.36. The molecular formula is C16H18ClF3O7. The van der Waals surface area contributed by atoms with Crippen LogP contribution in [0.25, 0.3) is 0 Å². The van der Waals surface area contributed by atoms with Gasteiger partial charge in [-0.15, -0.1) is 11.6 Å². The summed E-state index contributed by atoms with van der Waals surface area (Å²) in [7, 11) is 0. The van der Waals surface area contributed by atoms with E-state index in [1.165, 1.54) is 13.8 Å². The molecule has 0 aliphatic carbocycles. The first-order valence-corrected chi connectivity index (χ1v) is 8.16. The Labute approximate surface area is 157 Å². The molecule has 0 radical (unpaired) electrons. The van der Waals surface area contributed by atoms with Crippen LogP contribution in [0, 0.1) is 5.92 Å². The monoisotopic (exact) mass is 414 g/mol. The van der Waals surface area contributed by atoms with Gasteiger partial charge in [0.1, 0.15) is 11.7 Å². The summed E-state index contributed by atoms with van der Waals surface area (Å²) in [6, 6.07) is 0. The summed E-state index contributed by atoms with van der Waals surface area (Å²) >= 11 is 5.39. The van der Waals surface area contributed by atoms with Gasteiger partial charge < -0.3 is 14.6 Å². The number of rotatable bonds is 10. The summed E-state index contributed by atoms with van der Waals surface area (Å²) in [5.41, 5.74) is -0.814. The van der Waals surface area contributed by atoms with Crippen molar-refractivity contribution in [3.05, 3.63) is 23.5 Å². The van der Waals surface area contributed by atoms with E-state index in [1.54, 1.807) is 0 Å². The molecule has 0 heterocycles. The Bertz CT molecular complexity index is 638. The van der Waals surface area contributed by atoms with Gasteiger partial charge in [0.15, 0.2) is 5.78 Å². The van der Waals surface area contributed by atoms with E-state index in [2.05, 4.69) is 9.47 Å². The number of alkyl halides is 4. The van der Waals surface area contributed by atoms with Crippen LogP contribution in [-0.2, 0) is 28.7 Å². The normalized spacial score (nSPS) is 13.7. The van der Waals surface area contributed by atoms with E-state index in [0.717, 1.165) is 0 Å². The Morgan fingerprint density at radius 2 is 1.63 bits per heavy atom. The number of aliphatic hydroxyl groups is 1. The van der Waals surface area contributed by atoms with Crippen LogP contribution in [0.2, 0.25) is 0 Å². The Morgan fingerprint density at radius 3 is 2.07 bits per heavy atom. The second-order valence-corrected chi connectivity index (χ2v) is 5.15. The molecule has 0 aromatic carbocycles. The van der Waals surface area contributed by atoms with Crippen molar-refractivity contribution >= 4 is 35.1 Å². The number of hydrogen-bond acceptors (Lipinski definition) is 7. The van der Waals surface area contributed by atoms with E-state index < -0.39 is 59.2 Å². The van der Waals surface area contributed by atoms with Gasteiger partial charge in [0.25, 0.3) is 5.78 Å². The summed E-state index contributed by atoms with van der Waals surface area (Å²) in [5.74, 6) is -8.52. The number of allylic oxidation sites excluding steroid dienone is 2. The van der Waals surface area contributed by atoms with Crippen LogP contribution in [-0.4, -0.2) is 53.9 Å². The fraction of sp³-hybridized carbons (Fsp3) is 0.500. The first-order valence-electron chi connectivity index (χ1n) is 7.63. The molecule has 0 amide bonds. The summed E-state index contributed by atoms with van der Waals surface area (Å²) in [6.07, 6.45) is -5.54. The van der Waals surface area contributed by atoms with Crippen molar-refractivity contribution in [3.63, 3.8) is 0 Å². The molecule has 27 heavy (non-hydrogen) atoms. The van der Waals surface area contributed by atoms with Gasteiger partial charge in [-0.05, 0) is 26.0 Å². The topological polar surface area (TPSA) is 107 Å². The van der Waals surface area contributed by atoms with Crippen LogP contribution in [0.15, 0.2) is 23.5 Å². The van der Waals surface area contributed by atoms with Crippen LogP contribution in [0.4, 0.5) is 13.2 Å². The Balaban J connectivity index is 5.87. The number of carbonyl (C=O) groups is 4. The van der Waals surface area contributed by atoms with E-state index in [0.29, 0.717) is 6.08 Å². The molecule has 0 saturated heterocycles. The molecule has 0 aromatic rings. The van der Waals surface area contributed by atoms with E-state index in [9.17, 15) is 37.5 Å². The number of carbonyl (C=O) groups excluding carboxylic acids is 4. The lowest BCUT2D eigenvalue weighted by Gasteiger charge is -2.14. The molecule has 0 bridgehead atoms. The smallest absolute Gasteiger partial charge is 0.454 e. The molecule has 0 aliphatic rings. The zero-order chi connectivity index (χ0) is 21.2. The molecule has 152 valence electrons. The van der Waals surface area contributed by atoms with Gasteiger partial charge in [-0.25, -0.2) is 4.79 Å². The van der Waals surface area contributed by atoms with Gasteiger partial charge in [0.05, 0.1) is 24.7 Å². The highest BCUT2D eigenvalue weighted by Gasteiger charge is 2.36. The van der Waals surface area contributed by atoms with Crippen molar-refractivity contribution in [3.8, 4) is 0 Å². The van der Waals surface area contributed by atoms with Crippen molar-refractivity contribution in [2.24, 2.45) is 5.92 Å². The van der Waals surface area contributed by atoms with Gasteiger partial charge in [0.2, 0.25) is 0 Å². The summed E-state index contributed by atoms with van der Waals surface area (Å²) < 4.78 is 46.1. The minimum absolute atomic E-state index is 0.0191. The summed E-state index contributed by atoms with van der Waals surface area (Å²) in [6.45, 7) is 2.60. The third kappa shape index (κ3) is 8.25. The maximum atomic E-state index is 12.3. The van der Waals surface area contributed by atoms with E-state index in [4.69, 9.17) is 11.6 Å². The average molecular weight is 415 g/mol. The fourth-order valence-electron chi connectivity index (χ4n) is 1.71. The lowest BCUT2D eigenvalue weighted by Crippen LogP contribution is -2.28. The second kappa shape index (κ2) is 11.4. The maximum absolute atomic E-state index is 12.3. The highest BCUT2D eigenvalue weighted by atomic mass is 35.5. The molecule has 0 aliphatic heterocycles. The maximum Gasteiger partial charge on any atom is 0.454 e. The lowest BCUT2D eigenvalue weighted by atomic mass is 9.97. The van der Waals surface area contributed by atoms with Crippen molar-refractivity contribution in [2.75, 3.05) is 19.1 Å². The lowest BCUT2D eigenvalue weighted by molar-refractivity contribution is -0.165. The Kier molecular flexibility index (Phi) is 10.4. The van der Waals surface area contributed by atoms with Crippen LogP contribution in [0.5, 0.6) is 0 Å². The molecule has 0 spiro atoms. The molecular weight excluding hydrogens is 397 g/mol. The number of aliphatic hydroxyl groups excluding tert-OH is 1. The van der Waals surface area contributed by atoms with Gasteiger partial charge in [-0.1, -0.05) is 0 Å². The second-order valence-electron chi connectivity index (χ2n) is 4.88. The van der Waals surface area contributed by atoms with Gasteiger partial charge in [-0.3, -0.25) is 14.4 Å². The van der Waals surface area contributed by atoms with Crippen LogP contribution < -0.4 is 0 Å². The van der Waals surface area contributed by atoms with Crippen LogP contribution >= 0.6 is 11.6 Å². The zero-order valence-corrected chi connectivity index (χ0v) is 15.2. The van der Waals surface area contributed by atoms with Crippen LogP contribution in [0.1, 0.15) is 20.3 Å². The van der Waals surface area contributed by atoms with Gasteiger partial charge in [-0.2, -0.15) is 13.2 Å². The largest absolute Gasteiger partial charge is 0.511 e. The molecule has 0 aromatic heterocycles. The van der Waals surface area contributed by atoms with Crippen molar-refractivity contribution < 1.29 is 46.9 Å². The minimum atomic E-state index is -5.19. The predicted octanol–water partition coefficient (Wildman–Crippen LogP) is 2.43. The molecule has 0 rings (SSSR count). The number of Topliss-reactive ketones (excluding diaryl/α,β-unsaturated/α-hetero) is 1. The standard InChI is InChI=1S/C16H18ClF3O7/c1-3-26-14(24)9(5-6-13(23)16(18,19)20)11(21)7-10(12(22)8-17)15(25)27-4-2/h5-6,10,21H,3-4,7-8H2,1-2H3/b6-5+,11-9-. The Morgan fingerprint density at radius 1 is 1.07 bits per heavy atom. The first-order chi connectivity index (χ1) is 12.5. The third-order valence-electron chi connectivity index (χ3n) is 2.98. The quantitative estimate of drug-likeness (QED) is 0.146. The number of halogens is 4. The third-order valence-corrected chi connectivity index (χ3v) is 3.24. The number of ketones is 2. The van der Waals surface area contributed by atoms with Crippen molar-refractivity contribution in [2.45, 2.75) is 26.4 Å². The summed E-state index contributed by atoms with van der Waals surface area (Å²) in [5, 5.41) is 10.1. The number of hydrogen-bond donors (Lipinski definition) is 1. The number of esters is 2. The molecule has 7 nitrogen and oxygen atoms in total.